The average Bonchev–Trinajstić information content (AvgIpc) is 2.00. The monoisotopic (exact) mass is 212 g/mol. The van der Waals surface area contributed by atoms with Crippen molar-refractivity contribution >= 4 is 16.3 Å². The summed E-state index contributed by atoms with van der Waals surface area (Å²) in [5.74, 6) is 0. The van der Waals surface area contributed by atoms with E-state index in [4.69, 9.17) is 5.11 Å². The molecule has 1 unspecified atom stereocenters. The summed E-state index contributed by atoms with van der Waals surface area (Å²) < 4.78 is 29.3. The summed E-state index contributed by atoms with van der Waals surface area (Å²) in [5.41, 5.74) is 0. The van der Waals surface area contributed by atoms with Crippen molar-refractivity contribution in [2.75, 3.05) is 13.7 Å². The highest BCUT2D eigenvalue weighted by molar-refractivity contribution is 7.88. The number of methoxy groups -OCH3 is 1. The largest absolute Gasteiger partial charge is 0.452 e. The first-order valence-electron chi connectivity index (χ1n) is 3.41. The highest BCUT2D eigenvalue weighted by Gasteiger charge is 2.14. The molecule has 3 N–H and O–H groups in total. The summed E-state index contributed by atoms with van der Waals surface area (Å²) in [6.07, 6.45) is -1.91. The zero-order chi connectivity index (χ0) is 10.5. The number of carbonyl (C=O) groups is 1. The molecule has 0 aromatic heterocycles. The van der Waals surface area contributed by atoms with E-state index in [-0.39, 0.29) is 6.54 Å². The van der Waals surface area contributed by atoms with Crippen LogP contribution in [0.1, 0.15) is 6.92 Å². The first-order valence-corrected chi connectivity index (χ1v) is 4.89. The Morgan fingerprint density at radius 1 is 1.62 bits per heavy atom. The van der Waals surface area contributed by atoms with Gasteiger partial charge in [-0.25, -0.2) is 9.52 Å². The summed E-state index contributed by atoms with van der Waals surface area (Å²) in [7, 11) is -2.88. The quantitative estimate of drug-likeness (QED) is 0.529. The Kier molecular flexibility index (Phi) is 4.67. The van der Waals surface area contributed by atoms with Crippen molar-refractivity contribution in [3.8, 4) is 0 Å². The number of nitrogens with one attached hydrogen (secondary N) is 2. The van der Waals surface area contributed by atoms with E-state index < -0.39 is 22.4 Å². The molecule has 0 bridgehead atoms. The summed E-state index contributed by atoms with van der Waals surface area (Å²) in [4.78, 5) is 10.5. The van der Waals surface area contributed by atoms with Gasteiger partial charge in [-0.2, -0.15) is 13.1 Å². The molecule has 1 atom stereocenters. The third-order valence-corrected chi connectivity index (χ3v) is 1.95. The topological polar surface area (TPSA) is 105 Å². The fraction of sp³-hybridized carbons (Fsp3) is 0.800. The molecule has 0 aliphatic rings. The summed E-state index contributed by atoms with van der Waals surface area (Å²) in [6, 6.07) is 0. The molecule has 0 spiro atoms. The number of carbonyl (C=O) groups excluding carboxylic acids is 1. The molecule has 13 heavy (non-hydrogen) atoms. The van der Waals surface area contributed by atoms with Gasteiger partial charge in [0.15, 0.2) is 0 Å². The van der Waals surface area contributed by atoms with Crippen LogP contribution in [0.2, 0.25) is 0 Å². The molecule has 0 aliphatic heterocycles. The molecule has 0 radical (unpaired) electrons. The minimum Gasteiger partial charge on any atom is -0.452 e. The van der Waals surface area contributed by atoms with Crippen molar-refractivity contribution in [1.82, 2.24) is 9.44 Å². The Bertz CT molecular complexity index is 260. The van der Waals surface area contributed by atoms with Crippen molar-refractivity contribution in [2.24, 2.45) is 0 Å². The molecule has 0 saturated heterocycles. The smallest absolute Gasteiger partial charge is 0.421 e. The lowest BCUT2D eigenvalue weighted by molar-refractivity contribution is 0.177. The van der Waals surface area contributed by atoms with Crippen LogP contribution in [-0.2, 0) is 14.9 Å². The minimum atomic E-state index is -3.92. The number of hydrogen-bond donors (Lipinski definition) is 3. The van der Waals surface area contributed by atoms with Gasteiger partial charge in [-0.05, 0) is 6.92 Å². The molecule has 7 nitrogen and oxygen atoms in total. The Morgan fingerprint density at radius 2 is 2.15 bits per heavy atom. The highest BCUT2D eigenvalue weighted by atomic mass is 32.2. The molecule has 0 rings (SSSR count). The van der Waals surface area contributed by atoms with E-state index in [0.29, 0.717) is 0 Å². The Labute approximate surface area is 76.3 Å². The van der Waals surface area contributed by atoms with Gasteiger partial charge in [-0.15, -0.1) is 0 Å². The van der Waals surface area contributed by atoms with Crippen molar-refractivity contribution in [2.45, 2.75) is 13.0 Å². The van der Waals surface area contributed by atoms with Gasteiger partial charge in [-0.1, -0.05) is 0 Å². The van der Waals surface area contributed by atoms with Crippen LogP contribution >= 0.6 is 0 Å². The third-order valence-electron chi connectivity index (χ3n) is 0.972. The van der Waals surface area contributed by atoms with Crippen LogP contribution in [0.15, 0.2) is 0 Å². The first kappa shape index (κ1) is 12.1. The molecule has 0 aromatic rings. The Hall–Kier alpha value is -0.860. The third kappa shape index (κ3) is 6.31. The number of aliphatic hydroxyl groups is 1. The fourth-order valence-corrected chi connectivity index (χ4v) is 1.25. The van der Waals surface area contributed by atoms with Crippen LogP contribution in [0.5, 0.6) is 0 Å². The number of aliphatic hydroxyl groups excluding tert-OH is 1. The van der Waals surface area contributed by atoms with Crippen molar-refractivity contribution < 1.29 is 23.1 Å². The van der Waals surface area contributed by atoms with E-state index in [9.17, 15) is 13.2 Å². The van der Waals surface area contributed by atoms with E-state index in [0.717, 1.165) is 7.11 Å². The predicted octanol–water partition coefficient (Wildman–Crippen LogP) is -1.44. The molecule has 0 fully saturated rings. The Morgan fingerprint density at radius 3 is 2.54 bits per heavy atom. The molecule has 1 amide bonds. The van der Waals surface area contributed by atoms with E-state index in [1.165, 1.54) is 6.92 Å². The van der Waals surface area contributed by atoms with Gasteiger partial charge in [0.2, 0.25) is 0 Å². The molecule has 0 aliphatic carbocycles. The van der Waals surface area contributed by atoms with E-state index in [2.05, 4.69) is 4.74 Å². The van der Waals surface area contributed by atoms with Crippen LogP contribution in [-0.4, -0.2) is 39.4 Å². The summed E-state index contributed by atoms with van der Waals surface area (Å²) >= 11 is 0. The molecular weight excluding hydrogens is 200 g/mol. The second kappa shape index (κ2) is 5.00. The molecule has 78 valence electrons. The van der Waals surface area contributed by atoms with E-state index in [1.807, 2.05) is 4.72 Å². The van der Waals surface area contributed by atoms with E-state index in [1.54, 1.807) is 4.72 Å². The highest BCUT2D eigenvalue weighted by Crippen LogP contribution is 1.82. The normalized spacial score (nSPS) is 13.5. The molecule has 0 aromatic carbocycles. The predicted molar refractivity (Wildman–Crippen MR) is 44.1 cm³/mol. The number of rotatable bonds is 4. The number of hydrogen-bond acceptors (Lipinski definition) is 5. The van der Waals surface area contributed by atoms with Gasteiger partial charge in [-0.3, -0.25) is 0 Å². The maximum absolute atomic E-state index is 10.9. The number of amides is 1. The van der Waals surface area contributed by atoms with Crippen molar-refractivity contribution in [1.29, 1.82) is 0 Å². The number of ether oxygens (including phenoxy) is 1. The minimum absolute atomic E-state index is 0.174. The first-order chi connectivity index (χ1) is 5.87. The fourth-order valence-electron chi connectivity index (χ4n) is 0.418. The van der Waals surface area contributed by atoms with Gasteiger partial charge < -0.3 is 9.84 Å². The second-order valence-electron chi connectivity index (χ2n) is 2.29. The summed E-state index contributed by atoms with van der Waals surface area (Å²) in [6.45, 7) is 1.23. The molecular formula is C5H12N2O5S. The van der Waals surface area contributed by atoms with Gasteiger partial charge in [0.1, 0.15) is 0 Å². The molecule has 0 heterocycles. The van der Waals surface area contributed by atoms with Crippen molar-refractivity contribution in [3.05, 3.63) is 0 Å². The maximum Gasteiger partial charge on any atom is 0.421 e. The zero-order valence-electron chi connectivity index (χ0n) is 7.27. The summed E-state index contributed by atoms with van der Waals surface area (Å²) in [5, 5.41) is 8.74. The lowest BCUT2D eigenvalue weighted by Crippen LogP contribution is -2.42. The van der Waals surface area contributed by atoms with Gasteiger partial charge in [0, 0.05) is 6.54 Å². The van der Waals surface area contributed by atoms with Crippen LogP contribution in [0.4, 0.5) is 4.79 Å². The second-order valence-corrected chi connectivity index (χ2v) is 3.79. The van der Waals surface area contributed by atoms with Crippen LogP contribution in [0.25, 0.3) is 0 Å². The standard InChI is InChI=1S/C5H12N2O5S/c1-4(8)3-6-13(10,11)7-5(9)12-2/h4,6,8H,3H2,1-2H3,(H,7,9). The van der Waals surface area contributed by atoms with Crippen LogP contribution in [0, 0.1) is 0 Å². The Balaban J connectivity index is 4.02. The zero-order valence-corrected chi connectivity index (χ0v) is 8.09. The van der Waals surface area contributed by atoms with Crippen LogP contribution in [0.3, 0.4) is 0 Å². The van der Waals surface area contributed by atoms with Crippen LogP contribution < -0.4 is 9.44 Å². The average molecular weight is 212 g/mol. The van der Waals surface area contributed by atoms with E-state index >= 15 is 0 Å². The molecule has 8 heteroatoms. The van der Waals surface area contributed by atoms with Gasteiger partial charge >= 0.3 is 16.3 Å². The van der Waals surface area contributed by atoms with Gasteiger partial charge in [0.25, 0.3) is 0 Å². The lowest BCUT2D eigenvalue weighted by atomic mass is 10.4. The van der Waals surface area contributed by atoms with Crippen molar-refractivity contribution in [3.63, 3.8) is 0 Å². The molecule has 0 saturated carbocycles. The van der Waals surface area contributed by atoms with Gasteiger partial charge in [0.05, 0.1) is 13.2 Å². The maximum atomic E-state index is 10.9. The SMILES string of the molecule is COC(=O)NS(=O)(=O)NCC(C)O. The lowest BCUT2D eigenvalue weighted by Gasteiger charge is -2.08.